The van der Waals surface area contributed by atoms with Crippen molar-refractivity contribution >= 4 is 7.12 Å². The van der Waals surface area contributed by atoms with Crippen molar-refractivity contribution < 1.29 is 18.1 Å². The van der Waals surface area contributed by atoms with Gasteiger partial charge in [0, 0.05) is 12.4 Å². The zero-order valence-electron chi connectivity index (χ0n) is 11.1. The Morgan fingerprint density at radius 1 is 1.06 bits per heavy atom. The molecule has 98 valence electrons. The molecule has 2 nitrogen and oxygen atoms in total. The first kappa shape index (κ1) is 13.5. The summed E-state index contributed by atoms with van der Waals surface area (Å²) in [4.78, 5) is 0. The predicted octanol–water partition coefficient (Wildman–Crippen LogP) is 3.14. The predicted molar refractivity (Wildman–Crippen MR) is 66.1 cm³/mol. The van der Waals surface area contributed by atoms with E-state index in [0.29, 0.717) is 5.56 Å². The fraction of sp³-hybridized carbons (Fsp3) is 0.538. The van der Waals surface area contributed by atoms with E-state index in [1.807, 2.05) is 27.7 Å². The number of rotatable bonds is 2. The van der Waals surface area contributed by atoms with Crippen molar-refractivity contribution in [2.24, 2.45) is 0 Å². The van der Waals surface area contributed by atoms with Gasteiger partial charge in [0.05, 0.1) is 11.2 Å². The molecule has 1 saturated heterocycles. The third-order valence-electron chi connectivity index (χ3n) is 3.70. The SMILES string of the molecule is CC1(C)OB(Cc2ccc(F)cc2F)OC1(C)C. The fourth-order valence-electron chi connectivity index (χ4n) is 1.92. The Bertz CT molecular complexity index is 444. The van der Waals surface area contributed by atoms with Gasteiger partial charge in [-0.25, -0.2) is 8.78 Å². The van der Waals surface area contributed by atoms with Crippen LogP contribution in [0.4, 0.5) is 8.78 Å². The van der Waals surface area contributed by atoms with Crippen LogP contribution in [0.2, 0.25) is 0 Å². The van der Waals surface area contributed by atoms with Crippen molar-refractivity contribution in [3.05, 3.63) is 35.4 Å². The topological polar surface area (TPSA) is 18.5 Å². The Morgan fingerprint density at radius 3 is 2.11 bits per heavy atom. The van der Waals surface area contributed by atoms with Crippen molar-refractivity contribution in [2.75, 3.05) is 0 Å². The van der Waals surface area contributed by atoms with Crippen LogP contribution in [0.5, 0.6) is 0 Å². The van der Waals surface area contributed by atoms with Crippen LogP contribution >= 0.6 is 0 Å². The molecule has 18 heavy (non-hydrogen) atoms. The zero-order valence-corrected chi connectivity index (χ0v) is 11.1. The summed E-state index contributed by atoms with van der Waals surface area (Å²) in [7, 11) is -0.505. The standard InChI is InChI=1S/C13H17BF2O2/c1-12(2)13(3,4)18-14(17-12)8-9-5-6-10(15)7-11(9)16/h5-7H,8H2,1-4H3. The van der Waals surface area contributed by atoms with Crippen LogP contribution in [0.15, 0.2) is 18.2 Å². The molecule has 0 aromatic heterocycles. The highest BCUT2D eigenvalue weighted by molar-refractivity contribution is 6.45. The molecule has 0 atom stereocenters. The molecule has 1 aromatic carbocycles. The van der Waals surface area contributed by atoms with Crippen molar-refractivity contribution in [2.45, 2.75) is 45.2 Å². The van der Waals surface area contributed by atoms with Crippen LogP contribution in [-0.2, 0) is 15.6 Å². The monoisotopic (exact) mass is 254 g/mol. The molecule has 1 aromatic rings. The van der Waals surface area contributed by atoms with Gasteiger partial charge < -0.3 is 9.31 Å². The average molecular weight is 254 g/mol. The summed E-state index contributed by atoms with van der Waals surface area (Å²) >= 11 is 0. The van der Waals surface area contributed by atoms with E-state index in [9.17, 15) is 8.78 Å². The second kappa shape index (κ2) is 4.32. The first-order valence-corrected chi connectivity index (χ1v) is 6.01. The molecule has 1 heterocycles. The minimum absolute atomic E-state index is 0.277. The molecule has 1 aliphatic rings. The van der Waals surface area contributed by atoms with Gasteiger partial charge in [0.2, 0.25) is 0 Å². The molecule has 2 rings (SSSR count). The highest BCUT2D eigenvalue weighted by Crippen LogP contribution is 2.37. The minimum Gasteiger partial charge on any atom is -0.403 e. The Balaban J connectivity index is 2.12. The van der Waals surface area contributed by atoms with Crippen molar-refractivity contribution in [1.82, 2.24) is 0 Å². The van der Waals surface area contributed by atoms with E-state index in [1.165, 1.54) is 12.1 Å². The van der Waals surface area contributed by atoms with Crippen molar-refractivity contribution in [3.8, 4) is 0 Å². The van der Waals surface area contributed by atoms with E-state index in [-0.39, 0.29) is 6.32 Å². The maximum absolute atomic E-state index is 13.5. The van der Waals surface area contributed by atoms with Gasteiger partial charge in [-0.2, -0.15) is 0 Å². The molecule has 0 unspecified atom stereocenters. The van der Waals surface area contributed by atoms with E-state index < -0.39 is 30.0 Å². The first-order chi connectivity index (χ1) is 8.21. The molecule has 5 heteroatoms. The lowest BCUT2D eigenvalue weighted by atomic mass is 9.80. The van der Waals surface area contributed by atoms with Crippen LogP contribution in [0.25, 0.3) is 0 Å². The molecule has 0 N–H and O–H groups in total. The maximum atomic E-state index is 13.5. The Hall–Kier alpha value is -0.935. The zero-order chi connectivity index (χ0) is 13.6. The smallest absolute Gasteiger partial charge is 0.403 e. The summed E-state index contributed by atoms with van der Waals surface area (Å²) in [5.41, 5.74) is -0.475. The summed E-state index contributed by atoms with van der Waals surface area (Å²) in [6.07, 6.45) is 0.277. The van der Waals surface area contributed by atoms with Gasteiger partial charge in [-0.15, -0.1) is 0 Å². The normalized spacial score (nSPS) is 21.3. The summed E-state index contributed by atoms with van der Waals surface area (Å²) in [6, 6.07) is 3.54. The fourth-order valence-corrected chi connectivity index (χ4v) is 1.92. The van der Waals surface area contributed by atoms with Gasteiger partial charge in [-0.1, -0.05) is 6.07 Å². The summed E-state index contributed by atoms with van der Waals surface area (Å²) in [5, 5.41) is 0. The second-order valence-electron chi connectivity index (χ2n) is 5.63. The van der Waals surface area contributed by atoms with Crippen LogP contribution in [-0.4, -0.2) is 18.3 Å². The molecule has 1 aliphatic heterocycles. The number of hydrogen-bond donors (Lipinski definition) is 0. The Morgan fingerprint density at radius 2 is 1.61 bits per heavy atom. The maximum Gasteiger partial charge on any atom is 0.462 e. The molecule has 0 saturated carbocycles. The molecule has 0 bridgehead atoms. The molecule has 1 fully saturated rings. The number of halogens is 2. The molecular formula is C13H17BF2O2. The number of benzene rings is 1. The van der Waals surface area contributed by atoms with Gasteiger partial charge >= 0.3 is 7.12 Å². The quantitative estimate of drug-likeness (QED) is 0.755. The van der Waals surface area contributed by atoms with Crippen LogP contribution in [0.1, 0.15) is 33.3 Å². The average Bonchev–Trinajstić information content (AvgIpc) is 2.40. The Labute approximate surface area is 106 Å². The minimum atomic E-state index is -0.579. The third-order valence-corrected chi connectivity index (χ3v) is 3.70. The molecule has 0 radical (unpaired) electrons. The largest absolute Gasteiger partial charge is 0.462 e. The highest BCUT2D eigenvalue weighted by atomic mass is 19.1. The van der Waals surface area contributed by atoms with Crippen LogP contribution in [0.3, 0.4) is 0 Å². The molecule has 0 aliphatic carbocycles. The van der Waals surface area contributed by atoms with E-state index in [4.69, 9.17) is 9.31 Å². The summed E-state index contributed by atoms with van der Waals surface area (Å²) in [5.74, 6) is -1.14. The second-order valence-corrected chi connectivity index (χ2v) is 5.63. The molecule has 0 amide bonds. The van der Waals surface area contributed by atoms with Gasteiger partial charge in [0.15, 0.2) is 0 Å². The van der Waals surface area contributed by atoms with Crippen LogP contribution in [0, 0.1) is 11.6 Å². The van der Waals surface area contributed by atoms with E-state index in [0.717, 1.165) is 6.07 Å². The van der Waals surface area contributed by atoms with E-state index in [1.54, 1.807) is 0 Å². The Kier molecular flexibility index (Phi) is 3.24. The van der Waals surface area contributed by atoms with E-state index in [2.05, 4.69) is 0 Å². The van der Waals surface area contributed by atoms with E-state index >= 15 is 0 Å². The lowest BCUT2D eigenvalue weighted by Crippen LogP contribution is -2.41. The summed E-state index contributed by atoms with van der Waals surface area (Å²) < 4.78 is 37.9. The lowest BCUT2D eigenvalue weighted by molar-refractivity contribution is 0.00578. The highest BCUT2D eigenvalue weighted by Gasteiger charge is 2.50. The first-order valence-electron chi connectivity index (χ1n) is 6.01. The number of hydrogen-bond acceptors (Lipinski definition) is 2. The molecular weight excluding hydrogens is 237 g/mol. The van der Waals surface area contributed by atoms with Gasteiger partial charge in [-0.05, 0) is 39.3 Å². The summed E-state index contributed by atoms with van der Waals surface area (Å²) in [6.45, 7) is 7.75. The van der Waals surface area contributed by atoms with Crippen molar-refractivity contribution in [1.29, 1.82) is 0 Å². The third kappa shape index (κ3) is 2.42. The van der Waals surface area contributed by atoms with Gasteiger partial charge in [0.25, 0.3) is 0 Å². The lowest BCUT2D eigenvalue weighted by Gasteiger charge is -2.32. The van der Waals surface area contributed by atoms with Crippen LogP contribution < -0.4 is 0 Å². The van der Waals surface area contributed by atoms with Gasteiger partial charge in [-0.3, -0.25) is 0 Å². The van der Waals surface area contributed by atoms with Gasteiger partial charge in [0.1, 0.15) is 11.6 Å². The molecule has 0 spiro atoms. The van der Waals surface area contributed by atoms with Crippen molar-refractivity contribution in [3.63, 3.8) is 0 Å².